The second kappa shape index (κ2) is 4.35. The van der Waals surface area contributed by atoms with Crippen molar-refractivity contribution in [2.75, 3.05) is 0 Å². The molecule has 0 amide bonds. The van der Waals surface area contributed by atoms with Gasteiger partial charge in [0.2, 0.25) is 0 Å². The molecule has 2 aromatic heterocycles. The van der Waals surface area contributed by atoms with Crippen LogP contribution in [0, 0.1) is 13.8 Å². The van der Waals surface area contributed by atoms with Gasteiger partial charge in [0.05, 0.1) is 21.8 Å². The number of hydrogen-bond donors (Lipinski definition) is 1. The van der Waals surface area contributed by atoms with Gasteiger partial charge < -0.3 is 5.11 Å². The van der Waals surface area contributed by atoms with E-state index in [-0.39, 0.29) is 0 Å². The van der Waals surface area contributed by atoms with Crippen LogP contribution >= 0.6 is 11.3 Å². The van der Waals surface area contributed by atoms with E-state index in [0.29, 0.717) is 0 Å². The Morgan fingerprint density at radius 3 is 2.75 bits per heavy atom. The average Bonchev–Trinajstić information content (AvgIpc) is 2.84. The van der Waals surface area contributed by atoms with Gasteiger partial charge >= 0.3 is 0 Å². The minimum Gasteiger partial charge on any atom is -0.383 e. The van der Waals surface area contributed by atoms with Gasteiger partial charge in [0, 0.05) is 18.3 Å². The van der Waals surface area contributed by atoms with E-state index in [1.54, 1.807) is 6.20 Å². The SMILES string of the molecule is CCn1cc(C(O)c2sc(C)nc2C)cn1. The molecule has 0 aliphatic heterocycles. The molecule has 0 saturated heterocycles. The standard InChI is InChI=1S/C11H15N3OS/c1-4-14-6-9(5-12-14)10(15)11-7(2)13-8(3)16-11/h5-6,10,15H,4H2,1-3H3. The molecule has 5 heteroatoms. The van der Waals surface area contributed by atoms with Crippen LogP contribution in [-0.2, 0) is 6.54 Å². The Bertz CT molecular complexity index is 489. The van der Waals surface area contributed by atoms with E-state index in [0.717, 1.165) is 27.7 Å². The molecule has 0 aliphatic rings. The second-order valence-electron chi connectivity index (χ2n) is 3.71. The van der Waals surface area contributed by atoms with Crippen molar-refractivity contribution in [2.24, 2.45) is 0 Å². The van der Waals surface area contributed by atoms with Crippen LogP contribution in [-0.4, -0.2) is 19.9 Å². The van der Waals surface area contributed by atoms with Gasteiger partial charge in [0.1, 0.15) is 6.10 Å². The van der Waals surface area contributed by atoms with E-state index < -0.39 is 6.10 Å². The third-order valence-electron chi connectivity index (χ3n) is 2.48. The van der Waals surface area contributed by atoms with Crippen LogP contribution < -0.4 is 0 Å². The maximum atomic E-state index is 10.2. The van der Waals surface area contributed by atoms with Crippen LogP contribution in [0.2, 0.25) is 0 Å². The molecular weight excluding hydrogens is 222 g/mol. The first kappa shape index (κ1) is 11.3. The number of aryl methyl sites for hydroxylation is 3. The van der Waals surface area contributed by atoms with Crippen LogP contribution in [0.1, 0.15) is 34.2 Å². The number of hydrogen-bond acceptors (Lipinski definition) is 4. The Kier molecular flexibility index (Phi) is 3.07. The van der Waals surface area contributed by atoms with Crippen molar-refractivity contribution >= 4 is 11.3 Å². The first-order valence-electron chi connectivity index (χ1n) is 5.26. The summed E-state index contributed by atoms with van der Waals surface area (Å²) >= 11 is 1.54. The number of thiazole rings is 1. The second-order valence-corrected chi connectivity index (χ2v) is 4.95. The van der Waals surface area contributed by atoms with Crippen LogP contribution in [0.3, 0.4) is 0 Å². The van der Waals surface area contributed by atoms with Gasteiger partial charge in [-0.3, -0.25) is 4.68 Å². The summed E-state index contributed by atoms with van der Waals surface area (Å²) in [7, 11) is 0. The zero-order chi connectivity index (χ0) is 11.7. The van der Waals surface area contributed by atoms with Crippen molar-refractivity contribution in [1.82, 2.24) is 14.8 Å². The Morgan fingerprint density at radius 2 is 2.25 bits per heavy atom. The minimum absolute atomic E-state index is 0.605. The smallest absolute Gasteiger partial charge is 0.118 e. The Hall–Kier alpha value is -1.20. The molecule has 2 aromatic rings. The highest BCUT2D eigenvalue weighted by molar-refractivity contribution is 7.11. The number of aromatic nitrogens is 3. The monoisotopic (exact) mass is 237 g/mol. The predicted octanol–water partition coefficient (Wildman–Crippen LogP) is 2.06. The lowest BCUT2D eigenvalue weighted by Crippen LogP contribution is -1.98. The topological polar surface area (TPSA) is 50.9 Å². The lowest BCUT2D eigenvalue weighted by Gasteiger charge is -2.05. The van der Waals surface area contributed by atoms with E-state index in [4.69, 9.17) is 0 Å². The molecule has 0 aromatic carbocycles. The van der Waals surface area contributed by atoms with E-state index in [2.05, 4.69) is 10.1 Å². The van der Waals surface area contributed by atoms with Crippen molar-refractivity contribution < 1.29 is 5.11 Å². The van der Waals surface area contributed by atoms with Crippen LogP contribution in [0.4, 0.5) is 0 Å². The summed E-state index contributed by atoms with van der Waals surface area (Å²) in [6.45, 7) is 6.70. The molecule has 0 fully saturated rings. The van der Waals surface area contributed by atoms with Gasteiger partial charge in [-0.1, -0.05) is 0 Å². The lowest BCUT2D eigenvalue weighted by atomic mass is 10.1. The maximum Gasteiger partial charge on any atom is 0.118 e. The molecule has 1 N–H and O–H groups in total. The molecule has 2 heterocycles. The van der Waals surface area contributed by atoms with Gasteiger partial charge in [-0.05, 0) is 20.8 Å². The van der Waals surface area contributed by atoms with Gasteiger partial charge in [-0.25, -0.2) is 4.98 Å². The molecule has 0 spiro atoms. The van der Waals surface area contributed by atoms with Crippen molar-refractivity contribution in [3.63, 3.8) is 0 Å². The molecule has 1 atom stereocenters. The van der Waals surface area contributed by atoms with E-state index in [1.807, 2.05) is 31.6 Å². The highest BCUT2D eigenvalue weighted by Crippen LogP contribution is 2.29. The molecule has 0 bridgehead atoms. The lowest BCUT2D eigenvalue weighted by molar-refractivity contribution is 0.223. The largest absolute Gasteiger partial charge is 0.383 e. The third kappa shape index (κ3) is 2.01. The molecule has 0 saturated carbocycles. The minimum atomic E-state index is -0.605. The zero-order valence-corrected chi connectivity index (χ0v) is 10.5. The summed E-state index contributed by atoms with van der Waals surface area (Å²) in [6.07, 6.45) is 2.98. The Morgan fingerprint density at radius 1 is 1.50 bits per heavy atom. The van der Waals surface area contributed by atoms with E-state index in [9.17, 15) is 5.11 Å². The first-order valence-corrected chi connectivity index (χ1v) is 6.07. The number of aliphatic hydroxyl groups excluding tert-OH is 1. The van der Waals surface area contributed by atoms with Gasteiger partial charge in [-0.15, -0.1) is 11.3 Å². The fourth-order valence-corrected chi connectivity index (χ4v) is 2.59. The molecule has 0 aliphatic carbocycles. The highest BCUT2D eigenvalue weighted by Gasteiger charge is 2.18. The summed E-state index contributed by atoms with van der Waals surface area (Å²) in [5, 5.41) is 15.4. The van der Waals surface area contributed by atoms with Crippen molar-refractivity contribution in [2.45, 2.75) is 33.4 Å². The van der Waals surface area contributed by atoms with Crippen molar-refractivity contribution in [1.29, 1.82) is 0 Å². The van der Waals surface area contributed by atoms with Crippen LogP contribution in [0.5, 0.6) is 0 Å². The fourth-order valence-electron chi connectivity index (χ4n) is 1.65. The van der Waals surface area contributed by atoms with E-state index >= 15 is 0 Å². The Balaban J connectivity index is 2.31. The van der Waals surface area contributed by atoms with Crippen molar-refractivity contribution in [3.8, 4) is 0 Å². The molecule has 2 rings (SSSR count). The van der Waals surface area contributed by atoms with E-state index in [1.165, 1.54) is 11.3 Å². The summed E-state index contributed by atoms with van der Waals surface area (Å²) in [4.78, 5) is 5.23. The zero-order valence-electron chi connectivity index (χ0n) is 9.64. The third-order valence-corrected chi connectivity index (χ3v) is 3.61. The number of aliphatic hydroxyl groups is 1. The normalized spacial score (nSPS) is 13.0. The molecule has 0 radical (unpaired) electrons. The highest BCUT2D eigenvalue weighted by atomic mass is 32.1. The fraction of sp³-hybridized carbons (Fsp3) is 0.455. The molecule has 86 valence electrons. The predicted molar refractivity (Wildman–Crippen MR) is 63.6 cm³/mol. The van der Waals surface area contributed by atoms with Gasteiger partial charge in [-0.2, -0.15) is 5.10 Å². The molecule has 4 nitrogen and oxygen atoms in total. The molecule has 16 heavy (non-hydrogen) atoms. The van der Waals surface area contributed by atoms with Crippen LogP contribution in [0.15, 0.2) is 12.4 Å². The summed E-state index contributed by atoms with van der Waals surface area (Å²) in [5.41, 5.74) is 1.73. The van der Waals surface area contributed by atoms with Gasteiger partial charge in [0.15, 0.2) is 0 Å². The molecular formula is C11H15N3OS. The van der Waals surface area contributed by atoms with Gasteiger partial charge in [0.25, 0.3) is 0 Å². The summed E-state index contributed by atoms with van der Waals surface area (Å²) in [5.74, 6) is 0. The summed E-state index contributed by atoms with van der Waals surface area (Å²) in [6, 6.07) is 0. The van der Waals surface area contributed by atoms with Crippen molar-refractivity contribution in [3.05, 3.63) is 33.5 Å². The first-order chi connectivity index (χ1) is 7.61. The number of nitrogens with zero attached hydrogens (tertiary/aromatic N) is 3. The molecule has 1 unspecified atom stereocenters. The van der Waals surface area contributed by atoms with Crippen LogP contribution in [0.25, 0.3) is 0 Å². The maximum absolute atomic E-state index is 10.2. The Labute approximate surface area is 98.6 Å². The number of rotatable bonds is 3. The summed E-state index contributed by atoms with van der Waals surface area (Å²) < 4.78 is 1.81. The quantitative estimate of drug-likeness (QED) is 0.889. The average molecular weight is 237 g/mol.